The molecule has 43 heavy (non-hydrogen) atoms. The summed E-state index contributed by atoms with van der Waals surface area (Å²) in [4.78, 5) is 0. The topological polar surface area (TPSA) is 0 Å². The molecule has 0 aliphatic carbocycles. The SMILES string of the molecule is CCC(c1ccc(C(C)(C)C)c(C(C)(C)C)c1C(C)(C)C)c1c(C(C)(C)C)c(C(C)(C)C)cc(C(C)(C)C)c1C(C)(C)C. The van der Waals surface area contributed by atoms with Crippen LogP contribution < -0.4 is 0 Å². The lowest BCUT2D eigenvalue weighted by Crippen LogP contribution is -2.34. The van der Waals surface area contributed by atoms with Crippen molar-refractivity contribution in [1.82, 2.24) is 0 Å². The Morgan fingerprint density at radius 1 is 0.395 bits per heavy atom. The first-order chi connectivity index (χ1) is 18.8. The molecule has 0 radical (unpaired) electrons. The Labute approximate surface area is 270 Å². The van der Waals surface area contributed by atoms with E-state index < -0.39 is 0 Å². The Bertz CT molecular complexity index is 1240. The summed E-state index contributed by atoms with van der Waals surface area (Å²) in [5.74, 6) is 0.302. The van der Waals surface area contributed by atoms with Gasteiger partial charge in [0.1, 0.15) is 0 Å². The lowest BCUT2D eigenvalue weighted by atomic mass is 9.60. The Balaban J connectivity index is 3.51. The normalized spacial score (nSPS) is 15.2. The van der Waals surface area contributed by atoms with E-state index in [1.54, 1.807) is 27.8 Å². The van der Waals surface area contributed by atoms with Gasteiger partial charge in [-0.15, -0.1) is 0 Å². The van der Waals surface area contributed by atoms with Crippen molar-refractivity contribution in [3.63, 3.8) is 0 Å². The molecular formula is C43H72. The van der Waals surface area contributed by atoms with E-state index in [9.17, 15) is 0 Å². The molecule has 2 aromatic rings. The molecule has 0 bridgehead atoms. The first-order valence-corrected chi connectivity index (χ1v) is 17.2. The summed E-state index contributed by atoms with van der Waals surface area (Å²) in [5.41, 5.74) is 14.1. The third-order valence-corrected chi connectivity index (χ3v) is 9.16. The van der Waals surface area contributed by atoms with E-state index in [2.05, 4.69) is 171 Å². The molecule has 0 fully saturated rings. The first-order valence-electron chi connectivity index (χ1n) is 17.2. The van der Waals surface area contributed by atoms with Crippen LogP contribution in [0.2, 0.25) is 0 Å². The molecule has 0 aromatic heterocycles. The van der Waals surface area contributed by atoms with Gasteiger partial charge in [-0.05, 0) is 94.4 Å². The monoisotopic (exact) mass is 589 g/mol. The molecule has 0 saturated heterocycles. The summed E-state index contributed by atoms with van der Waals surface area (Å²) in [6.07, 6.45) is 1.07. The second-order valence-electron chi connectivity index (χ2n) is 20.8. The van der Waals surface area contributed by atoms with Gasteiger partial charge in [0, 0.05) is 5.92 Å². The van der Waals surface area contributed by atoms with E-state index >= 15 is 0 Å². The number of benzene rings is 2. The molecule has 0 heteroatoms. The molecule has 2 aromatic carbocycles. The van der Waals surface area contributed by atoms with Crippen molar-refractivity contribution < 1.29 is 0 Å². The van der Waals surface area contributed by atoms with Crippen LogP contribution in [0.1, 0.15) is 215 Å². The van der Waals surface area contributed by atoms with E-state index in [0.717, 1.165) is 6.42 Å². The molecule has 0 spiro atoms. The fourth-order valence-electron chi connectivity index (χ4n) is 7.55. The summed E-state index contributed by atoms with van der Waals surface area (Å²) in [7, 11) is 0. The van der Waals surface area contributed by atoms with Gasteiger partial charge in [0.2, 0.25) is 0 Å². The van der Waals surface area contributed by atoms with Gasteiger partial charge >= 0.3 is 0 Å². The molecule has 0 N–H and O–H groups in total. The minimum atomic E-state index is 0.00187. The van der Waals surface area contributed by atoms with Crippen molar-refractivity contribution in [2.45, 2.75) is 203 Å². The maximum Gasteiger partial charge on any atom is 0.00958 e. The minimum Gasteiger partial charge on any atom is -0.0645 e. The summed E-state index contributed by atoms with van der Waals surface area (Å²) in [6.45, 7) is 53.4. The summed E-state index contributed by atoms with van der Waals surface area (Å²) < 4.78 is 0. The fourth-order valence-corrected chi connectivity index (χ4v) is 7.55. The van der Waals surface area contributed by atoms with Crippen LogP contribution in [0, 0.1) is 0 Å². The van der Waals surface area contributed by atoms with Gasteiger partial charge < -0.3 is 0 Å². The highest BCUT2D eigenvalue weighted by atomic mass is 14.5. The molecule has 244 valence electrons. The number of hydrogen-bond donors (Lipinski definition) is 0. The van der Waals surface area contributed by atoms with E-state index in [4.69, 9.17) is 0 Å². The molecule has 0 nitrogen and oxygen atoms in total. The van der Waals surface area contributed by atoms with Crippen molar-refractivity contribution in [2.24, 2.45) is 0 Å². The molecule has 0 aliphatic rings. The van der Waals surface area contributed by atoms with Gasteiger partial charge in [-0.3, -0.25) is 0 Å². The van der Waals surface area contributed by atoms with Gasteiger partial charge in [0.15, 0.2) is 0 Å². The molecule has 0 saturated carbocycles. The zero-order valence-electron chi connectivity index (χ0n) is 33.0. The van der Waals surface area contributed by atoms with Gasteiger partial charge in [-0.1, -0.05) is 171 Å². The minimum absolute atomic E-state index is 0.00187. The van der Waals surface area contributed by atoms with Crippen molar-refractivity contribution in [3.05, 3.63) is 68.3 Å². The van der Waals surface area contributed by atoms with Gasteiger partial charge in [0.05, 0.1) is 0 Å². The molecule has 0 amide bonds. The Kier molecular flexibility index (Phi) is 9.93. The van der Waals surface area contributed by atoms with Crippen LogP contribution >= 0.6 is 0 Å². The fraction of sp³-hybridized carbons (Fsp3) is 0.721. The molecule has 0 aliphatic heterocycles. The van der Waals surface area contributed by atoms with Crippen LogP contribution in [0.4, 0.5) is 0 Å². The van der Waals surface area contributed by atoms with E-state index in [1.165, 1.54) is 22.3 Å². The first kappa shape index (κ1) is 37.6. The maximum absolute atomic E-state index is 2.62. The highest BCUT2D eigenvalue weighted by Gasteiger charge is 2.41. The highest BCUT2D eigenvalue weighted by Crippen LogP contribution is 2.52. The van der Waals surface area contributed by atoms with Crippen molar-refractivity contribution in [2.75, 3.05) is 0 Å². The van der Waals surface area contributed by atoms with Crippen LogP contribution in [0.3, 0.4) is 0 Å². The van der Waals surface area contributed by atoms with Gasteiger partial charge in [-0.2, -0.15) is 0 Å². The predicted octanol–water partition coefficient (Wildman–Crippen LogP) is 13.3. The molecule has 0 heterocycles. The van der Waals surface area contributed by atoms with Crippen LogP contribution in [0.15, 0.2) is 18.2 Å². The zero-order chi connectivity index (χ0) is 34.1. The lowest BCUT2D eigenvalue weighted by Gasteiger charge is -2.44. The van der Waals surface area contributed by atoms with Crippen molar-refractivity contribution in [3.8, 4) is 0 Å². The second-order valence-corrected chi connectivity index (χ2v) is 20.8. The van der Waals surface area contributed by atoms with Crippen molar-refractivity contribution >= 4 is 0 Å². The number of rotatable bonds is 3. The Hall–Kier alpha value is -1.56. The Morgan fingerprint density at radius 2 is 0.721 bits per heavy atom. The molecular weight excluding hydrogens is 516 g/mol. The smallest absolute Gasteiger partial charge is 0.00958 e. The van der Waals surface area contributed by atoms with Crippen LogP contribution in [0.25, 0.3) is 0 Å². The van der Waals surface area contributed by atoms with Crippen LogP contribution in [0.5, 0.6) is 0 Å². The quantitative estimate of drug-likeness (QED) is 0.334. The molecule has 1 atom stereocenters. The molecule has 1 unspecified atom stereocenters. The van der Waals surface area contributed by atoms with E-state index in [0.29, 0.717) is 5.92 Å². The Morgan fingerprint density at radius 3 is 0.977 bits per heavy atom. The number of hydrogen-bond acceptors (Lipinski definition) is 0. The van der Waals surface area contributed by atoms with Gasteiger partial charge in [0.25, 0.3) is 0 Å². The molecule has 2 rings (SSSR count). The summed E-state index contributed by atoms with van der Waals surface area (Å²) >= 11 is 0. The van der Waals surface area contributed by atoms with Crippen LogP contribution in [-0.4, -0.2) is 0 Å². The summed E-state index contributed by atoms with van der Waals surface area (Å²) in [5, 5.41) is 0. The van der Waals surface area contributed by atoms with E-state index in [-0.39, 0.29) is 37.9 Å². The third kappa shape index (κ3) is 7.82. The van der Waals surface area contributed by atoms with E-state index in [1.807, 2.05) is 0 Å². The van der Waals surface area contributed by atoms with Crippen molar-refractivity contribution in [1.29, 1.82) is 0 Å². The highest BCUT2D eigenvalue weighted by molar-refractivity contribution is 5.61. The average Bonchev–Trinajstić information content (AvgIpc) is 2.73. The summed E-state index contributed by atoms with van der Waals surface area (Å²) in [6, 6.07) is 7.66. The predicted molar refractivity (Wildman–Crippen MR) is 196 cm³/mol. The lowest BCUT2D eigenvalue weighted by molar-refractivity contribution is 0.477. The second kappa shape index (κ2) is 11.4. The zero-order valence-corrected chi connectivity index (χ0v) is 33.0. The standard InChI is InChI=1S/C43H72/c1-23-27(28-24-25-29(37(2,3)4)36(43(20,21)22)33(28)40(11,12)13)32-34(41(14,15)16)30(38(5,6)7)26-31(39(8,9)10)35(32)42(17,18)19/h24-27H,23H2,1-22H3. The van der Waals surface area contributed by atoms with Crippen LogP contribution in [-0.2, 0) is 37.9 Å². The maximum atomic E-state index is 2.62. The average molecular weight is 589 g/mol. The van der Waals surface area contributed by atoms with Gasteiger partial charge in [-0.25, -0.2) is 0 Å². The third-order valence-electron chi connectivity index (χ3n) is 9.16. The largest absolute Gasteiger partial charge is 0.0645 e.